The summed E-state index contributed by atoms with van der Waals surface area (Å²) in [5.41, 5.74) is -0.771. The molecule has 3 unspecified atom stereocenters. The molecule has 2 rings (SSSR count). The van der Waals surface area contributed by atoms with Gasteiger partial charge in [0.15, 0.2) is 0 Å². The van der Waals surface area contributed by atoms with Crippen LogP contribution < -0.4 is 0 Å². The Bertz CT molecular complexity index is 295. The van der Waals surface area contributed by atoms with E-state index in [-0.39, 0.29) is 17.1 Å². The predicted molar refractivity (Wildman–Crippen MR) is 69.9 cm³/mol. The van der Waals surface area contributed by atoms with Gasteiger partial charge in [-0.25, -0.2) is 0 Å². The van der Waals surface area contributed by atoms with Gasteiger partial charge in [-0.2, -0.15) is 0 Å². The molecule has 100 valence electrons. The lowest BCUT2D eigenvalue weighted by atomic mass is 9.73. The Morgan fingerprint density at radius 1 is 1.18 bits per heavy atom. The van der Waals surface area contributed by atoms with Crippen molar-refractivity contribution in [1.82, 2.24) is 0 Å². The molecular weight excluding hydrogens is 212 g/mol. The molecule has 3 atom stereocenters. The van der Waals surface area contributed by atoms with E-state index >= 15 is 0 Å². The second-order valence-electron chi connectivity index (χ2n) is 7.34. The van der Waals surface area contributed by atoms with Crippen LogP contribution in [0.2, 0.25) is 0 Å². The Balaban J connectivity index is 2.17. The van der Waals surface area contributed by atoms with E-state index in [4.69, 9.17) is 4.74 Å². The molecule has 2 heteroatoms. The maximum Gasteiger partial charge on any atom is 0.0706 e. The second kappa shape index (κ2) is 3.96. The Kier molecular flexibility index (Phi) is 3.11. The SMILES string of the molecule is CCC1CCC(O)(C2CC(C)(C)OC2(C)C)C1. The molecule has 1 aliphatic carbocycles. The van der Waals surface area contributed by atoms with Crippen molar-refractivity contribution in [3.8, 4) is 0 Å². The van der Waals surface area contributed by atoms with Crippen LogP contribution in [0, 0.1) is 11.8 Å². The third-order valence-corrected chi connectivity index (χ3v) is 4.93. The van der Waals surface area contributed by atoms with Crippen molar-refractivity contribution >= 4 is 0 Å². The first-order chi connectivity index (χ1) is 7.69. The van der Waals surface area contributed by atoms with E-state index in [0.29, 0.717) is 5.92 Å². The molecule has 17 heavy (non-hydrogen) atoms. The highest BCUT2D eigenvalue weighted by molar-refractivity contribution is 5.06. The van der Waals surface area contributed by atoms with Crippen LogP contribution in [0.25, 0.3) is 0 Å². The first kappa shape index (κ1) is 13.4. The van der Waals surface area contributed by atoms with Crippen LogP contribution in [0.4, 0.5) is 0 Å². The van der Waals surface area contributed by atoms with Crippen molar-refractivity contribution in [3.63, 3.8) is 0 Å². The van der Waals surface area contributed by atoms with Gasteiger partial charge >= 0.3 is 0 Å². The Morgan fingerprint density at radius 2 is 1.82 bits per heavy atom. The van der Waals surface area contributed by atoms with Crippen LogP contribution in [-0.2, 0) is 4.74 Å². The monoisotopic (exact) mass is 240 g/mol. The summed E-state index contributed by atoms with van der Waals surface area (Å²) in [5.74, 6) is 0.987. The molecule has 1 N–H and O–H groups in total. The summed E-state index contributed by atoms with van der Waals surface area (Å²) in [7, 11) is 0. The zero-order valence-corrected chi connectivity index (χ0v) is 12.0. The summed E-state index contributed by atoms with van der Waals surface area (Å²) in [6.07, 6.45) is 5.28. The predicted octanol–water partition coefficient (Wildman–Crippen LogP) is 3.52. The van der Waals surface area contributed by atoms with Crippen molar-refractivity contribution in [2.45, 2.75) is 83.5 Å². The number of hydrogen-bond acceptors (Lipinski definition) is 2. The first-order valence-electron chi connectivity index (χ1n) is 7.11. The minimum absolute atomic E-state index is 0.0891. The zero-order valence-electron chi connectivity index (χ0n) is 12.0. The van der Waals surface area contributed by atoms with Gasteiger partial charge in [0, 0.05) is 5.92 Å². The van der Waals surface area contributed by atoms with Gasteiger partial charge in [0.25, 0.3) is 0 Å². The van der Waals surface area contributed by atoms with Gasteiger partial charge in [0.05, 0.1) is 16.8 Å². The molecule has 2 fully saturated rings. The van der Waals surface area contributed by atoms with Crippen LogP contribution in [0.15, 0.2) is 0 Å². The molecule has 0 aromatic carbocycles. The normalized spacial score (nSPS) is 44.1. The molecule has 2 aliphatic rings. The second-order valence-corrected chi connectivity index (χ2v) is 7.34. The number of rotatable bonds is 2. The third-order valence-electron chi connectivity index (χ3n) is 4.93. The van der Waals surface area contributed by atoms with Crippen molar-refractivity contribution < 1.29 is 9.84 Å². The fraction of sp³-hybridized carbons (Fsp3) is 1.00. The van der Waals surface area contributed by atoms with Gasteiger partial charge in [0.2, 0.25) is 0 Å². The molecule has 0 spiro atoms. The minimum atomic E-state index is -0.488. The standard InChI is InChI=1S/C15H28O2/c1-6-11-7-8-15(16,9-11)12-10-13(2,3)17-14(12,4)5/h11-12,16H,6-10H2,1-5H3. The minimum Gasteiger partial charge on any atom is -0.389 e. The smallest absolute Gasteiger partial charge is 0.0706 e. The lowest BCUT2D eigenvalue weighted by Gasteiger charge is -2.37. The summed E-state index contributed by atoms with van der Waals surface area (Å²) in [5, 5.41) is 11.0. The lowest BCUT2D eigenvalue weighted by Crippen LogP contribution is -2.45. The summed E-state index contributed by atoms with van der Waals surface area (Å²) >= 11 is 0. The van der Waals surface area contributed by atoms with Gasteiger partial charge in [0.1, 0.15) is 0 Å². The number of hydrogen-bond donors (Lipinski definition) is 1. The molecule has 0 radical (unpaired) electrons. The van der Waals surface area contributed by atoms with E-state index in [1.54, 1.807) is 0 Å². The van der Waals surface area contributed by atoms with E-state index < -0.39 is 5.60 Å². The maximum absolute atomic E-state index is 11.0. The van der Waals surface area contributed by atoms with E-state index in [1.165, 1.54) is 12.8 Å². The van der Waals surface area contributed by atoms with Crippen LogP contribution in [-0.4, -0.2) is 21.9 Å². The van der Waals surface area contributed by atoms with Crippen LogP contribution in [0.5, 0.6) is 0 Å². The molecule has 1 aliphatic heterocycles. The molecule has 1 saturated carbocycles. The van der Waals surface area contributed by atoms with Crippen LogP contribution in [0.1, 0.15) is 66.7 Å². The maximum atomic E-state index is 11.0. The molecule has 0 aromatic heterocycles. The summed E-state index contributed by atoms with van der Waals surface area (Å²) in [6.45, 7) is 10.8. The van der Waals surface area contributed by atoms with E-state index in [9.17, 15) is 5.11 Å². The Labute approximate surface area is 106 Å². The van der Waals surface area contributed by atoms with E-state index in [1.807, 2.05) is 0 Å². The average Bonchev–Trinajstić information content (AvgIpc) is 2.65. The highest BCUT2D eigenvalue weighted by atomic mass is 16.5. The highest BCUT2D eigenvalue weighted by Gasteiger charge is 2.56. The average molecular weight is 240 g/mol. The molecule has 0 amide bonds. The Hall–Kier alpha value is -0.0800. The van der Waals surface area contributed by atoms with Gasteiger partial charge in [-0.1, -0.05) is 13.3 Å². The van der Waals surface area contributed by atoms with Crippen molar-refractivity contribution in [2.75, 3.05) is 0 Å². The molecule has 1 saturated heterocycles. The lowest BCUT2D eigenvalue weighted by molar-refractivity contribution is -0.112. The van der Waals surface area contributed by atoms with Crippen molar-refractivity contribution in [2.24, 2.45) is 11.8 Å². The van der Waals surface area contributed by atoms with Gasteiger partial charge < -0.3 is 9.84 Å². The summed E-state index contributed by atoms with van der Waals surface area (Å²) in [4.78, 5) is 0. The molecule has 0 bridgehead atoms. The number of aliphatic hydroxyl groups is 1. The van der Waals surface area contributed by atoms with Crippen LogP contribution >= 0.6 is 0 Å². The van der Waals surface area contributed by atoms with Gasteiger partial charge in [-0.3, -0.25) is 0 Å². The summed E-state index contributed by atoms with van der Waals surface area (Å²) < 4.78 is 6.14. The fourth-order valence-corrected chi connectivity index (χ4v) is 4.22. The van der Waals surface area contributed by atoms with Crippen LogP contribution in [0.3, 0.4) is 0 Å². The largest absolute Gasteiger partial charge is 0.389 e. The third kappa shape index (κ3) is 2.39. The molecule has 0 aromatic rings. The quantitative estimate of drug-likeness (QED) is 0.800. The summed E-state index contributed by atoms with van der Waals surface area (Å²) in [6, 6.07) is 0. The Morgan fingerprint density at radius 3 is 2.24 bits per heavy atom. The topological polar surface area (TPSA) is 29.5 Å². The van der Waals surface area contributed by atoms with Crippen molar-refractivity contribution in [1.29, 1.82) is 0 Å². The van der Waals surface area contributed by atoms with E-state index in [2.05, 4.69) is 34.6 Å². The van der Waals surface area contributed by atoms with Gasteiger partial charge in [-0.05, 0) is 59.3 Å². The number of ether oxygens (including phenoxy) is 1. The first-order valence-corrected chi connectivity index (χ1v) is 7.11. The van der Waals surface area contributed by atoms with Crippen molar-refractivity contribution in [3.05, 3.63) is 0 Å². The van der Waals surface area contributed by atoms with E-state index in [0.717, 1.165) is 19.3 Å². The highest BCUT2D eigenvalue weighted by Crippen LogP contribution is 2.53. The van der Waals surface area contributed by atoms with Gasteiger partial charge in [-0.15, -0.1) is 0 Å². The molecular formula is C15H28O2. The molecule has 2 nitrogen and oxygen atoms in total. The fourth-order valence-electron chi connectivity index (χ4n) is 4.22. The molecule has 1 heterocycles. The zero-order chi connectivity index (χ0) is 12.9.